The molecule has 1 saturated heterocycles. The van der Waals surface area contributed by atoms with Gasteiger partial charge in [0.25, 0.3) is 0 Å². The van der Waals surface area contributed by atoms with Gasteiger partial charge in [-0.05, 0) is 24.9 Å². The van der Waals surface area contributed by atoms with E-state index >= 15 is 0 Å². The predicted molar refractivity (Wildman–Crippen MR) is 72.6 cm³/mol. The maximum Gasteiger partial charge on any atom is 0.222 e. The molecule has 1 aliphatic heterocycles. The molecule has 0 bridgehead atoms. The van der Waals surface area contributed by atoms with E-state index in [9.17, 15) is 9.90 Å². The van der Waals surface area contributed by atoms with E-state index in [-0.39, 0.29) is 5.91 Å². The van der Waals surface area contributed by atoms with E-state index in [1.807, 2.05) is 22.4 Å². The van der Waals surface area contributed by atoms with Gasteiger partial charge >= 0.3 is 0 Å². The quantitative estimate of drug-likeness (QED) is 0.896. The van der Waals surface area contributed by atoms with Gasteiger partial charge in [-0.3, -0.25) is 4.79 Å². The maximum atomic E-state index is 12.0. The van der Waals surface area contributed by atoms with Crippen LogP contribution in [0.3, 0.4) is 0 Å². The van der Waals surface area contributed by atoms with Crippen molar-refractivity contribution in [3.63, 3.8) is 0 Å². The Hall–Kier alpha value is -0.910. The fourth-order valence-corrected chi connectivity index (χ4v) is 2.84. The molecule has 0 saturated carbocycles. The highest BCUT2D eigenvalue weighted by Gasteiger charge is 2.20. The molecule has 2 rings (SSSR count). The summed E-state index contributed by atoms with van der Waals surface area (Å²) in [4.78, 5) is 17.1. The van der Waals surface area contributed by atoms with Gasteiger partial charge in [-0.1, -0.05) is 6.07 Å². The first-order valence-corrected chi connectivity index (χ1v) is 7.22. The van der Waals surface area contributed by atoms with Gasteiger partial charge in [-0.25, -0.2) is 0 Å². The van der Waals surface area contributed by atoms with Gasteiger partial charge in [0.05, 0.1) is 6.10 Å². The normalized spacial score (nSPS) is 18.9. The van der Waals surface area contributed by atoms with Crippen LogP contribution in [0, 0.1) is 0 Å². The van der Waals surface area contributed by atoms with Gasteiger partial charge in [0, 0.05) is 37.5 Å². The lowest BCUT2D eigenvalue weighted by molar-refractivity contribution is -0.133. The number of likely N-dealkylation sites (N-methyl/N-ethyl adjacent to an activating group) is 1. The van der Waals surface area contributed by atoms with E-state index in [4.69, 9.17) is 0 Å². The summed E-state index contributed by atoms with van der Waals surface area (Å²) in [6.07, 6.45) is 0.454. The number of nitrogens with zero attached hydrogens (tertiary/aromatic N) is 2. The van der Waals surface area contributed by atoms with Gasteiger partial charge in [-0.2, -0.15) is 0 Å². The summed E-state index contributed by atoms with van der Waals surface area (Å²) in [6.45, 7) is 3.51. The second kappa shape index (κ2) is 6.31. The number of rotatable bonds is 4. The minimum absolute atomic E-state index is 0.165. The molecule has 0 aliphatic carbocycles. The molecule has 0 radical (unpaired) electrons. The van der Waals surface area contributed by atoms with E-state index in [1.165, 1.54) is 11.3 Å². The average molecular weight is 268 g/mol. The number of amides is 1. The summed E-state index contributed by atoms with van der Waals surface area (Å²) in [5.74, 6) is 0.165. The molecule has 1 amide bonds. The van der Waals surface area contributed by atoms with Crippen molar-refractivity contribution in [2.75, 3.05) is 33.2 Å². The third-order valence-corrected chi connectivity index (χ3v) is 4.33. The van der Waals surface area contributed by atoms with Crippen molar-refractivity contribution in [3.05, 3.63) is 22.4 Å². The molecular weight excluding hydrogens is 248 g/mol. The second-order valence-electron chi connectivity index (χ2n) is 4.75. The monoisotopic (exact) mass is 268 g/mol. The molecule has 2 heterocycles. The molecule has 0 spiro atoms. The predicted octanol–water partition coefficient (Wildman–Crippen LogP) is 1.34. The number of piperazine rings is 1. The Labute approximate surface area is 112 Å². The van der Waals surface area contributed by atoms with Gasteiger partial charge in [-0.15, -0.1) is 11.3 Å². The average Bonchev–Trinajstić information content (AvgIpc) is 2.90. The van der Waals surface area contributed by atoms with Gasteiger partial charge in [0.15, 0.2) is 0 Å². The van der Waals surface area contributed by atoms with E-state index in [1.54, 1.807) is 0 Å². The SMILES string of the molecule is CN1CCN(C(=O)CCC(O)c2cccs2)CC1. The van der Waals surface area contributed by atoms with E-state index in [0.717, 1.165) is 31.1 Å². The molecule has 1 unspecified atom stereocenters. The summed E-state index contributed by atoms with van der Waals surface area (Å²) < 4.78 is 0. The fourth-order valence-electron chi connectivity index (χ4n) is 2.10. The summed E-state index contributed by atoms with van der Waals surface area (Å²) >= 11 is 1.54. The molecule has 1 N–H and O–H groups in total. The Balaban J connectivity index is 1.75. The van der Waals surface area contributed by atoms with Crippen LogP contribution in [-0.2, 0) is 4.79 Å². The summed E-state index contributed by atoms with van der Waals surface area (Å²) in [5, 5.41) is 11.9. The second-order valence-corrected chi connectivity index (χ2v) is 5.73. The zero-order chi connectivity index (χ0) is 13.0. The first-order chi connectivity index (χ1) is 8.66. The Bertz CT molecular complexity index is 372. The standard InChI is InChI=1S/C13H20N2O2S/c1-14-6-8-15(9-7-14)13(17)5-4-11(16)12-3-2-10-18-12/h2-3,10-11,16H,4-9H2,1H3. The van der Waals surface area contributed by atoms with Crippen molar-refractivity contribution in [3.8, 4) is 0 Å². The molecule has 1 aliphatic rings. The summed E-state index contributed by atoms with van der Waals surface area (Å²) in [6, 6.07) is 3.83. The Morgan fingerprint density at radius 2 is 2.17 bits per heavy atom. The van der Waals surface area contributed by atoms with Crippen molar-refractivity contribution >= 4 is 17.2 Å². The smallest absolute Gasteiger partial charge is 0.222 e. The third kappa shape index (κ3) is 3.54. The fraction of sp³-hybridized carbons (Fsp3) is 0.615. The molecule has 4 nitrogen and oxygen atoms in total. The van der Waals surface area contributed by atoms with E-state index < -0.39 is 6.10 Å². The molecule has 5 heteroatoms. The lowest BCUT2D eigenvalue weighted by Crippen LogP contribution is -2.47. The zero-order valence-electron chi connectivity index (χ0n) is 10.7. The summed E-state index contributed by atoms with van der Waals surface area (Å²) in [5.41, 5.74) is 0. The number of aliphatic hydroxyl groups excluding tert-OH is 1. The van der Waals surface area contributed by atoms with E-state index in [2.05, 4.69) is 11.9 Å². The minimum Gasteiger partial charge on any atom is -0.388 e. The van der Waals surface area contributed by atoms with Crippen LogP contribution in [0.25, 0.3) is 0 Å². The van der Waals surface area contributed by atoms with E-state index in [0.29, 0.717) is 12.8 Å². The largest absolute Gasteiger partial charge is 0.388 e. The van der Waals surface area contributed by atoms with Crippen molar-refractivity contribution in [1.29, 1.82) is 0 Å². The Morgan fingerprint density at radius 1 is 1.44 bits per heavy atom. The first-order valence-electron chi connectivity index (χ1n) is 6.34. The Morgan fingerprint density at radius 3 is 2.78 bits per heavy atom. The topological polar surface area (TPSA) is 43.8 Å². The first kappa shape index (κ1) is 13.5. The lowest BCUT2D eigenvalue weighted by atomic mass is 10.1. The molecule has 1 fully saturated rings. The van der Waals surface area contributed by atoms with Crippen LogP contribution < -0.4 is 0 Å². The maximum absolute atomic E-state index is 12.0. The van der Waals surface area contributed by atoms with Crippen molar-refractivity contribution in [2.24, 2.45) is 0 Å². The molecule has 100 valence electrons. The number of hydrogen-bond donors (Lipinski definition) is 1. The van der Waals surface area contributed by atoms with Gasteiger partial charge in [0.1, 0.15) is 0 Å². The van der Waals surface area contributed by atoms with Gasteiger partial charge < -0.3 is 14.9 Å². The highest BCUT2D eigenvalue weighted by atomic mass is 32.1. The third-order valence-electron chi connectivity index (χ3n) is 3.36. The minimum atomic E-state index is -0.499. The highest BCUT2D eigenvalue weighted by Crippen LogP contribution is 2.23. The van der Waals surface area contributed by atoms with Crippen LogP contribution >= 0.6 is 11.3 Å². The zero-order valence-corrected chi connectivity index (χ0v) is 11.5. The van der Waals surface area contributed by atoms with Crippen LogP contribution in [0.1, 0.15) is 23.8 Å². The lowest BCUT2D eigenvalue weighted by Gasteiger charge is -2.32. The van der Waals surface area contributed by atoms with Gasteiger partial charge in [0.2, 0.25) is 5.91 Å². The molecule has 1 aromatic heterocycles. The summed E-state index contributed by atoms with van der Waals surface area (Å²) in [7, 11) is 2.07. The molecule has 18 heavy (non-hydrogen) atoms. The number of carbonyl (C=O) groups is 1. The number of hydrogen-bond acceptors (Lipinski definition) is 4. The van der Waals surface area contributed by atoms with Crippen molar-refractivity contribution in [2.45, 2.75) is 18.9 Å². The molecule has 1 atom stereocenters. The van der Waals surface area contributed by atoms with Crippen molar-refractivity contribution in [1.82, 2.24) is 9.80 Å². The number of carbonyl (C=O) groups excluding carboxylic acids is 1. The molecule has 0 aromatic carbocycles. The highest BCUT2D eigenvalue weighted by molar-refractivity contribution is 7.10. The Kier molecular flexibility index (Phi) is 4.74. The number of thiophene rings is 1. The molecular formula is C13H20N2O2S. The van der Waals surface area contributed by atoms with Crippen LogP contribution in [0.5, 0.6) is 0 Å². The van der Waals surface area contributed by atoms with Crippen LogP contribution in [0.4, 0.5) is 0 Å². The van der Waals surface area contributed by atoms with Crippen LogP contribution in [0.2, 0.25) is 0 Å². The van der Waals surface area contributed by atoms with Crippen LogP contribution in [0.15, 0.2) is 17.5 Å². The van der Waals surface area contributed by atoms with Crippen molar-refractivity contribution < 1.29 is 9.90 Å². The van der Waals surface area contributed by atoms with Crippen LogP contribution in [-0.4, -0.2) is 54.0 Å². The number of aliphatic hydroxyl groups is 1. The molecule has 1 aromatic rings.